The normalized spacial score (nSPS) is 20.4. The van der Waals surface area contributed by atoms with E-state index >= 15 is 0 Å². The Labute approximate surface area is 157 Å². The molecule has 26 heavy (non-hydrogen) atoms. The fourth-order valence-electron chi connectivity index (χ4n) is 4.08. The number of carbonyl (C=O) groups excluding carboxylic acids is 1. The molecule has 3 rings (SSSR count). The Bertz CT molecular complexity index is 580. The fourth-order valence-corrected chi connectivity index (χ4v) is 4.08. The van der Waals surface area contributed by atoms with Gasteiger partial charge in [-0.2, -0.15) is 5.10 Å². The van der Waals surface area contributed by atoms with Crippen LogP contribution in [0.15, 0.2) is 6.07 Å². The second-order valence-corrected chi connectivity index (χ2v) is 7.70. The zero-order chi connectivity index (χ0) is 18.4. The summed E-state index contributed by atoms with van der Waals surface area (Å²) in [6.45, 7) is 8.07. The van der Waals surface area contributed by atoms with Crippen LogP contribution in [-0.4, -0.2) is 45.9 Å². The third-order valence-electron chi connectivity index (χ3n) is 5.57. The number of aryl methyl sites for hydroxylation is 1. The van der Waals surface area contributed by atoms with Crippen molar-refractivity contribution in [2.75, 3.05) is 13.2 Å². The predicted molar refractivity (Wildman–Crippen MR) is 102 cm³/mol. The predicted octanol–water partition coefficient (Wildman–Crippen LogP) is 2.85. The number of hydrogen-bond donors (Lipinski definition) is 1. The van der Waals surface area contributed by atoms with Crippen LogP contribution in [-0.2, 0) is 29.2 Å². The van der Waals surface area contributed by atoms with Crippen LogP contribution in [0.4, 0.5) is 0 Å². The Morgan fingerprint density at radius 2 is 2.12 bits per heavy atom. The number of carbonyl (C=O) groups is 1. The molecule has 1 aliphatic heterocycles. The summed E-state index contributed by atoms with van der Waals surface area (Å²) in [6.07, 6.45) is 8.48. The van der Waals surface area contributed by atoms with Gasteiger partial charge in [0.05, 0.1) is 17.9 Å². The van der Waals surface area contributed by atoms with Crippen LogP contribution in [0, 0.1) is 0 Å². The van der Waals surface area contributed by atoms with Crippen molar-refractivity contribution in [3.05, 3.63) is 17.5 Å². The van der Waals surface area contributed by atoms with Gasteiger partial charge in [0.25, 0.3) is 0 Å². The van der Waals surface area contributed by atoms with Crippen molar-refractivity contribution in [2.45, 2.75) is 90.6 Å². The van der Waals surface area contributed by atoms with E-state index < -0.39 is 6.10 Å². The molecule has 1 atom stereocenters. The lowest BCUT2D eigenvalue weighted by atomic mass is 9.94. The van der Waals surface area contributed by atoms with E-state index in [2.05, 4.69) is 21.0 Å². The Morgan fingerprint density at radius 1 is 1.31 bits per heavy atom. The molecule has 1 N–H and O–H groups in total. The standard InChI is InChI=1S/C20H34N4O2/c1-3-12-26-16(2)20(25)21-14-17-13-19-15-23(10-7-11-24(19)22-17)18-8-5-4-6-9-18/h13,16,18H,3-12,14-15H2,1-2H3,(H,21,25)/t16-/m1/s1. The molecule has 1 aromatic heterocycles. The van der Waals surface area contributed by atoms with Gasteiger partial charge in [0, 0.05) is 32.3 Å². The van der Waals surface area contributed by atoms with Crippen LogP contribution < -0.4 is 5.32 Å². The number of fused-ring (bicyclic) bond motifs is 1. The summed E-state index contributed by atoms with van der Waals surface area (Å²) in [7, 11) is 0. The van der Waals surface area contributed by atoms with Crippen LogP contribution in [0.3, 0.4) is 0 Å². The van der Waals surface area contributed by atoms with Gasteiger partial charge in [0.1, 0.15) is 6.10 Å². The molecule has 1 amide bonds. The number of ether oxygens (including phenoxy) is 1. The van der Waals surface area contributed by atoms with Crippen LogP contribution in [0.2, 0.25) is 0 Å². The molecule has 146 valence electrons. The van der Waals surface area contributed by atoms with Crippen LogP contribution in [0.25, 0.3) is 0 Å². The smallest absolute Gasteiger partial charge is 0.249 e. The first kappa shape index (κ1) is 19.4. The molecule has 0 saturated heterocycles. The van der Waals surface area contributed by atoms with Gasteiger partial charge in [0.15, 0.2) is 0 Å². The number of nitrogens with one attached hydrogen (secondary N) is 1. The quantitative estimate of drug-likeness (QED) is 0.810. The van der Waals surface area contributed by atoms with E-state index in [0.29, 0.717) is 13.2 Å². The van der Waals surface area contributed by atoms with Crippen molar-refractivity contribution in [2.24, 2.45) is 0 Å². The maximum absolute atomic E-state index is 12.1. The molecule has 1 saturated carbocycles. The highest BCUT2D eigenvalue weighted by molar-refractivity contribution is 5.80. The molecule has 2 heterocycles. The van der Waals surface area contributed by atoms with Gasteiger partial charge in [-0.1, -0.05) is 26.2 Å². The van der Waals surface area contributed by atoms with Gasteiger partial charge in [-0.25, -0.2) is 0 Å². The number of hydrogen-bond acceptors (Lipinski definition) is 4. The lowest BCUT2D eigenvalue weighted by molar-refractivity contribution is -0.131. The molecule has 0 radical (unpaired) electrons. The highest BCUT2D eigenvalue weighted by atomic mass is 16.5. The van der Waals surface area contributed by atoms with Crippen LogP contribution in [0.1, 0.15) is 70.2 Å². The van der Waals surface area contributed by atoms with E-state index in [1.807, 2.05) is 6.92 Å². The van der Waals surface area contributed by atoms with Crippen molar-refractivity contribution in [1.29, 1.82) is 0 Å². The van der Waals surface area contributed by atoms with Crippen molar-refractivity contribution < 1.29 is 9.53 Å². The van der Waals surface area contributed by atoms with Gasteiger partial charge < -0.3 is 10.1 Å². The Morgan fingerprint density at radius 3 is 2.88 bits per heavy atom. The Balaban J connectivity index is 1.55. The molecule has 1 aliphatic carbocycles. The topological polar surface area (TPSA) is 59.4 Å². The molecule has 0 aromatic carbocycles. The fraction of sp³-hybridized carbons (Fsp3) is 0.800. The van der Waals surface area contributed by atoms with Crippen LogP contribution in [0.5, 0.6) is 0 Å². The Kier molecular flexibility index (Phi) is 7.08. The first-order valence-corrected chi connectivity index (χ1v) is 10.4. The first-order chi connectivity index (χ1) is 12.7. The lowest BCUT2D eigenvalue weighted by Gasteiger charge is -2.33. The molecule has 0 unspecified atom stereocenters. The van der Waals surface area contributed by atoms with E-state index in [0.717, 1.165) is 37.7 Å². The average molecular weight is 363 g/mol. The molecule has 6 nitrogen and oxygen atoms in total. The third kappa shape index (κ3) is 5.07. The first-order valence-electron chi connectivity index (χ1n) is 10.4. The largest absolute Gasteiger partial charge is 0.369 e. The number of aromatic nitrogens is 2. The van der Waals surface area contributed by atoms with Gasteiger partial charge in [-0.05, 0) is 38.7 Å². The zero-order valence-corrected chi connectivity index (χ0v) is 16.4. The van der Waals surface area contributed by atoms with Crippen molar-refractivity contribution in [3.63, 3.8) is 0 Å². The second-order valence-electron chi connectivity index (χ2n) is 7.70. The molecule has 1 aromatic rings. The third-order valence-corrected chi connectivity index (χ3v) is 5.57. The highest BCUT2D eigenvalue weighted by Crippen LogP contribution is 2.25. The minimum Gasteiger partial charge on any atom is -0.369 e. The summed E-state index contributed by atoms with van der Waals surface area (Å²) in [5, 5.41) is 7.67. The minimum absolute atomic E-state index is 0.0644. The molecule has 2 aliphatic rings. The van der Waals surface area contributed by atoms with E-state index in [4.69, 9.17) is 9.84 Å². The number of amides is 1. The summed E-state index contributed by atoms with van der Waals surface area (Å²) in [5.41, 5.74) is 2.23. The average Bonchev–Trinajstić information content (AvgIpc) is 2.94. The van der Waals surface area contributed by atoms with Gasteiger partial charge in [0.2, 0.25) is 5.91 Å². The van der Waals surface area contributed by atoms with Crippen LogP contribution >= 0.6 is 0 Å². The van der Waals surface area contributed by atoms with Crippen molar-refractivity contribution >= 4 is 5.91 Å². The van der Waals surface area contributed by atoms with Crippen molar-refractivity contribution in [1.82, 2.24) is 20.0 Å². The van der Waals surface area contributed by atoms with Gasteiger partial charge in [-0.15, -0.1) is 0 Å². The maximum Gasteiger partial charge on any atom is 0.249 e. The summed E-state index contributed by atoms with van der Waals surface area (Å²) in [4.78, 5) is 14.8. The molecule has 6 heteroatoms. The molecular formula is C20H34N4O2. The van der Waals surface area contributed by atoms with Gasteiger partial charge >= 0.3 is 0 Å². The summed E-state index contributed by atoms with van der Waals surface area (Å²) >= 11 is 0. The number of nitrogens with zero attached hydrogens (tertiary/aromatic N) is 3. The molecule has 0 spiro atoms. The Hall–Kier alpha value is -1.40. The zero-order valence-electron chi connectivity index (χ0n) is 16.4. The van der Waals surface area contributed by atoms with E-state index in [9.17, 15) is 4.79 Å². The van der Waals surface area contributed by atoms with E-state index in [-0.39, 0.29) is 5.91 Å². The molecular weight excluding hydrogens is 328 g/mol. The molecule has 0 bridgehead atoms. The minimum atomic E-state index is -0.405. The monoisotopic (exact) mass is 362 g/mol. The maximum atomic E-state index is 12.1. The van der Waals surface area contributed by atoms with Gasteiger partial charge in [-0.3, -0.25) is 14.4 Å². The van der Waals surface area contributed by atoms with E-state index in [1.165, 1.54) is 44.3 Å². The SMILES string of the molecule is CCCO[C@H](C)C(=O)NCc1cc2n(n1)CCCN(C1CCCCC1)C2. The van der Waals surface area contributed by atoms with Crippen molar-refractivity contribution in [3.8, 4) is 0 Å². The lowest BCUT2D eigenvalue weighted by Crippen LogP contribution is -2.36. The summed E-state index contributed by atoms with van der Waals surface area (Å²) < 4.78 is 7.62. The molecule has 1 fully saturated rings. The summed E-state index contributed by atoms with van der Waals surface area (Å²) in [6, 6.07) is 2.91. The second kappa shape index (κ2) is 9.51. The number of rotatable bonds is 7. The van der Waals surface area contributed by atoms with E-state index in [1.54, 1.807) is 6.92 Å². The highest BCUT2D eigenvalue weighted by Gasteiger charge is 2.24. The summed E-state index contributed by atoms with van der Waals surface area (Å²) in [5.74, 6) is -0.0644.